The highest BCUT2D eigenvalue weighted by Crippen LogP contribution is 2.18. The SMILES string of the molecule is O=C(Nc1ccc2nccnc2c1)NC1CCCCC1. The monoisotopic (exact) mass is 270 g/mol. The Kier molecular flexibility index (Phi) is 3.76. The molecule has 0 bridgehead atoms. The number of amides is 2. The average molecular weight is 270 g/mol. The van der Waals surface area contributed by atoms with E-state index < -0.39 is 0 Å². The number of nitrogens with zero attached hydrogens (tertiary/aromatic N) is 2. The number of anilines is 1. The second kappa shape index (κ2) is 5.86. The number of nitrogens with one attached hydrogen (secondary N) is 2. The summed E-state index contributed by atoms with van der Waals surface area (Å²) in [6, 6.07) is 5.71. The van der Waals surface area contributed by atoms with Crippen molar-refractivity contribution < 1.29 is 4.79 Å². The van der Waals surface area contributed by atoms with Gasteiger partial charge in [0.25, 0.3) is 0 Å². The maximum Gasteiger partial charge on any atom is 0.319 e. The molecule has 0 spiro atoms. The molecule has 0 atom stereocenters. The zero-order valence-corrected chi connectivity index (χ0v) is 11.3. The summed E-state index contributed by atoms with van der Waals surface area (Å²) in [5.74, 6) is 0. The molecule has 1 heterocycles. The van der Waals surface area contributed by atoms with Crippen LogP contribution >= 0.6 is 0 Å². The summed E-state index contributed by atoms with van der Waals surface area (Å²) in [5.41, 5.74) is 2.35. The summed E-state index contributed by atoms with van der Waals surface area (Å²) in [7, 11) is 0. The third-order valence-corrected chi connectivity index (χ3v) is 3.67. The van der Waals surface area contributed by atoms with E-state index in [1.54, 1.807) is 12.4 Å². The van der Waals surface area contributed by atoms with Crippen molar-refractivity contribution in [3.8, 4) is 0 Å². The molecule has 1 fully saturated rings. The summed E-state index contributed by atoms with van der Waals surface area (Å²) in [4.78, 5) is 20.4. The van der Waals surface area contributed by atoms with Crippen molar-refractivity contribution >= 4 is 22.8 Å². The first kappa shape index (κ1) is 12.8. The summed E-state index contributed by atoms with van der Waals surface area (Å²) in [6.45, 7) is 0. The Labute approximate surface area is 117 Å². The van der Waals surface area contributed by atoms with Gasteiger partial charge in [0.05, 0.1) is 11.0 Å². The lowest BCUT2D eigenvalue weighted by Gasteiger charge is -2.22. The van der Waals surface area contributed by atoms with E-state index in [1.165, 1.54) is 19.3 Å². The molecule has 2 aromatic rings. The number of fused-ring (bicyclic) bond motifs is 1. The number of benzene rings is 1. The lowest BCUT2D eigenvalue weighted by atomic mass is 9.96. The molecule has 5 nitrogen and oxygen atoms in total. The fourth-order valence-electron chi connectivity index (χ4n) is 2.64. The lowest BCUT2D eigenvalue weighted by Crippen LogP contribution is -2.39. The number of hydrogen-bond acceptors (Lipinski definition) is 3. The minimum Gasteiger partial charge on any atom is -0.335 e. The standard InChI is InChI=1S/C15H18N4O/c20-15(18-11-4-2-1-3-5-11)19-12-6-7-13-14(10-12)17-9-8-16-13/h6-11H,1-5H2,(H2,18,19,20). The van der Waals surface area contributed by atoms with Crippen LogP contribution in [-0.4, -0.2) is 22.0 Å². The van der Waals surface area contributed by atoms with Crippen LogP contribution in [0, 0.1) is 0 Å². The van der Waals surface area contributed by atoms with Crippen LogP contribution in [0.1, 0.15) is 32.1 Å². The van der Waals surface area contributed by atoms with Gasteiger partial charge >= 0.3 is 6.03 Å². The van der Waals surface area contributed by atoms with Gasteiger partial charge in [0.15, 0.2) is 0 Å². The Balaban J connectivity index is 1.64. The molecule has 0 aliphatic heterocycles. The number of hydrogen-bond donors (Lipinski definition) is 2. The Morgan fingerprint density at radius 1 is 1.05 bits per heavy atom. The van der Waals surface area contributed by atoms with Crippen molar-refractivity contribution in [3.63, 3.8) is 0 Å². The minimum absolute atomic E-state index is 0.139. The lowest BCUT2D eigenvalue weighted by molar-refractivity contribution is 0.244. The molecular formula is C15H18N4O. The third-order valence-electron chi connectivity index (χ3n) is 3.67. The van der Waals surface area contributed by atoms with Gasteiger partial charge in [-0.2, -0.15) is 0 Å². The predicted molar refractivity (Wildman–Crippen MR) is 78.6 cm³/mol. The first-order valence-corrected chi connectivity index (χ1v) is 7.09. The van der Waals surface area contributed by atoms with Crippen LogP contribution in [0.15, 0.2) is 30.6 Å². The summed E-state index contributed by atoms with van der Waals surface area (Å²) < 4.78 is 0. The maximum absolute atomic E-state index is 12.0. The van der Waals surface area contributed by atoms with E-state index in [2.05, 4.69) is 20.6 Å². The van der Waals surface area contributed by atoms with Crippen molar-refractivity contribution in [2.75, 3.05) is 5.32 Å². The Morgan fingerprint density at radius 3 is 2.60 bits per heavy atom. The zero-order valence-electron chi connectivity index (χ0n) is 11.3. The quantitative estimate of drug-likeness (QED) is 0.881. The first-order valence-electron chi connectivity index (χ1n) is 7.09. The number of rotatable bonds is 2. The van der Waals surface area contributed by atoms with Crippen LogP contribution in [0.5, 0.6) is 0 Å². The van der Waals surface area contributed by atoms with Crippen LogP contribution in [0.2, 0.25) is 0 Å². The van der Waals surface area contributed by atoms with Crippen molar-refractivity contribution in [3.05, 3.63) is 30.6 Å². The second-order valence-corrected chi connectivity index (χ2v) is 5.19. The molecule has 1 saturated carbocycles. The predicted octanol–water partition coefficient (Wildman–Crippen LogP) is 3.08. The van der Waals surface area contributed by atoms with Gasteiger partial charge < -0.3 is 10.6 Å². The van der Waals surface area contributed by atoms with Crippen molar-refractivity contribution in [1.29, 1.82) is 0 Å². The molecule has 3 rings (SSSR count). The van der Waals surface area contributed by atoms with Gasteiger partial charge in [-0.25, -0.2) is 4.79 Å². The Morgan fingerprint density at radius 2 is 1.80 bits per heavy atom. The number of carbonyl (C=O) groups is 1. The normalized spacial score (nSPS) is 16.0. The molecule has 104 valence electrons. The molecule has 1 aromatic carbocycles. The van der Waals surface area contributed by atoms with Crippen molar-refractivity contribution in [2.45, 2.75) is 38.1 Å². The van der Waals surface area contributed by atoms with Crippen LogP contribution in [-0.2, 0) is 0 Å². The molecule has 0 unspecified atom stereocenters. The Hall–Kier alpha value is -2.17. The minimum atomic E-state index is -0.139. The van der Waals surface area contributed by atoms with E-state index in [0.717, 1.165) is 29.6 Å². The van der Waals surface area contributed by atoms with Crippen LogP contribution in [0.25, 0.3) is 11.0 Å². The molecule has 1 aliphatic carbocycles. The van der Waals surface area contributed by atoms with Gasteiger partial charge in [0.2, 0.25) is 0 Å². The highest BCUT2D eigenvalue weighted by atomic mass is 16.2. The van der Waals surface area contributed by atoms with E-state index in [0.29, 0.717) is 6.04 Å². The first-order chi connectivity index (χ1) is 9.81. The summed E-state index contributed by atoms with van der Waals surface area (Å²) in [6.07, 6.45) is 9.16. The van der Waals surface area contributed by atoms with Crippen LogP contribution < -0.4 is 10.6 Å². The van der Waals surface area contributed by atoms with E-state index in [1.807, 2.05) is 18.2 Å². The molecular weight excluding hydrogens is 252 g/mol. The molecule has 1 aromatic heterocycles. The van der Waals surface area contributed by atoms with E-state index in [-0.39, 0.29) is 6.03 Å². The van der Waals surface area contributed by atoms with E-state index >= 15 is 0 Å². The largest absolute Gasteiger partial charge is 0.335 e. The molecule has 5 heteroatoms. The highest BCUT2D eigenvalue weighted by Gasteiger charge is 2.15. The topological polar surface area (TPSA) is 66.9 Å². The van der Waals surface area contributed by atoms with Crippen LogP contribution in [0.4, 0.5) is 10.5 Å². The average Bonchev–Trinajstić information content (AvgIpc) is 2.48. The van der Waals surface area contributed by atoms with Gasteiger partial charge in [-0.1, -0.05) is 19.3 Å². The fraction of sp³-hybridized carbons (Fsp3) is 0.400. The van der Waals surface area contributed by atoms with Gasteiger partial charge in [0.1, 0.15) is 0 Å². The molecule has 0 radical (unpaired) electrons. The maximum atomic E-state index is 12.0. The van der Waals surface area contributed by atoms with E-state index in [4.69, 9.17) is 0 Å². The molecule has 2 N–H and O–H groups in total. The molecule has 2 amide bonds. The van der Waals surface area contributed by atoms with E-state index in [9.17, 15) is 4.79 Å². The Bertz CT molecular complexity index is 608. The molecule has 0 saturated heterocycles. The number of urea groups is 1. The molecule has 20 heavy (non-hydrogen) atoms. The van der Waals surface area contributed by atoms with Gasteiger partial charge in [-0.15, -0.1) is 0 Å². The number of carbonyl (C=O) groups excluding carboxylic acids is 1. The second-order valence-electron chi connectivity index (χ2n) is 5.19. The van der Waals surface area contributed by atoms with Crippen molar-refractivity contribution in [2.24, 2.45) is 0 Å². The smallest absolute Gasteiger partial charge is 0.319 e. The van der Waals surface area contributed by atoms with Gasteiger partial charge in [-0.05, 0) is 31.0 Å². The summed E-state index contributed by atoms with van der Waals surface area (Å²) in [5, 5.41) is 5.89. The van der Waals surface area contributed by atoms with Gasteiger partial charge in [0, 0.05) is 24.1 Å². The number of aromatic nitrogens is 2. The fourth-order valence-corrected chi connectivity index (χ4v) is 2.64. The summed E-state index contributed by atoms with van der Waals surface area (Å²) >= 11 is 0. The third kappa shape index (κ3) is 3.04. The zero-order chi connectivity index (χ0) is 13.8. The van der Waals surface area contributed by atoms with Crippen LogP contribution in [0.3, 0.4) is 0 Å². The van der Waals surface area contributed by atoms with Gasteiger partial charge in [-0.3, -0.25) is 9.97 Å². The molecule has 1 aliphatic rings. The van der Waals surface area contributed by atoms with Crippen molar-refractivity contribution in [1.82, 2.24) is 15.3 Å². The highest BCUT2D eigenvalue weighted by molar-refractivity contribution is 5.91.